The topological polar surface area (TPSA) is 192 Å². The standard InChI is InChI=1S/2C5H12NO5P/c2*1-2-11-5(7)3-6-4-12(8,9)10/h2*6H,2-4H2,1H3,(H2,8,9,10). The molecule has 12 nitrogen and oxygen atoms in total. The maximum absolute atomic E-state index is 10.6. The second-order valence-electron chi connectivity index (χ2n) is 4.11. The van der Waals surface area contributed by atoms with Gasteiger partial charge < -0.3 is 29.0 Å². The van der Waals surface area contributed by atoms with Gasteiger partial charge in [0.15, 0.2) is 0 Å². The fraction of sp³-hybridized carbons (Fsp3) is 0.800. The van der Waals surface area contributed by atoms with E-state index in [0.29, 0.717) is 0 Å². The van der Waals surface area contributed by atoms with Gasteiger partial charge in [-0.2, -0.15) is 0 Å². The lowest BCUT2D eigenvalue weighted by Gasteiger charge is -2.05. The lowest BCUT2D eigenvalue weighted by molar-refractivity contribution is -0.142. The monoisotopic (exact) mass is 394 g/mol. The molecule has 0 aliphatic heterocycles. The molecule has 0 fully saturated rings. The van der Waals surface area contributed by atoms with Gasteiger partial charge in [-0.15, -0.1) is 0 Å². The normalized spacial score (nSPS) is 11.2. The number of carbonyl (C=O) groups excluding carboxylic acids is 2. The summed E-state index contributed by atoms with van der Waals surface area (Å²) in [7, 11) is -8.12. The van der Waals surface area contributed by atoms with Gasteiger partial charge in [-0.1, -0.05) is 0 Å². The Morgan fingerprint density at radius 2 is 1.08 bits per heavy atom. The van der Waals surface area contributed by atoms with Gasteiger partial charge in [0.1, 0.15) is 0 Å². The largest absolute Gasteiger partial charge is 0.465 e. The van der Waals surface area contributed by atoms with E-state index in [4.69, 9.17) is 19.6 Å². The van der Waals surface area contributed by atoms with Crippen LogP contribution in [0.25, 0.3) is 0 Å². The van der Waals surface area contributed by atoms with Crippen LogP contribution in [-0.2, 0) is 28.2 Å². The molecule has 0 heterocycles. The quantitative estimate of drug-likeness (QED) is 0.187. The van der Waals surface area contributed by atoms with Crippen molar-refractivity contribution in [2.75, 3.05) is 38.9 Å². The molecule has 0 aliphatic carbocycles. The highest BCUT2D eigenvalue weighted by atomic mass is 31.2. The third kappa shape index (κ3) is 23.4. The molecule has 144 valence electrons. The van der Waals surface area contributed by atoms with Crippen LogP contribution in [0.15, 0.2) is 0 Å². The molecule has 0 radical (unpaired) electrons. The van der Waals surface area contributed by atoms with Crippen molar-refractivity contribution < 1.29 is 47.8 Å². The van der Waals surface area contributed by atoms with Crippen LogP contribution in [-0.4, -0.2) is 70.4 Å². The Balaban J connectivity index is 0. The summed E-state index contributed by atoms with van der Waals surface area (Å²) in [6.07, 6.45) is -1.02. The maximum Gasteiger partial charge on any atom is 0.339 e. The number of nitrogens with one attached hydrogen (secondary N) is 2. The minimum Gasteiger partial charge on any atom is -0.465 e. The van der Waals surface area contributed by atoms with E-state index in [9.17, 15) is 18.7 Å². The molecule has 0 rings (SSSR count). The van der Waals surface area contributed by atoms with Crippen LogP contribution in [0.3, 0.4) is 0 Å². The third-order valence-electron chi connectivity index (χ3n) is 1.78. The van der Waals surface area contributed by atoms with Gasteiger partial charge in [0.05, 0.1) is 38.9 Å². The molecule has 24 heavy (non-hydrogen) atoms. The van der Waals surface area contributed by atoms with Gasteiger partial charge >= 0.3 is 27.1 Å². The minimum absolute atomic E-state index is 0.182. The van der Waals surface area contributed by atoms with Gasteiger partial charge in [0.2, 0.25) is 0 Å². The first-order chi connectivity index (χ1) is 10.9. The van der Waals surface area contributed by atoms with Gasteiger partial charge in [-0.05, 0) is 13.8 Å². The van der Waals surface area contributed by atoms with Crippen molar-refractivity contribution in [3.8, 4) is 0 Å². The number of ether oxygens (including phenoxy) is 2. The maximum atomic E-state index is 10.6. The van der Waals surface area contributed by atoms with E-state index < -0.39 is 39.7 Å². The lowest BCUT2D eigenvalue weighted by Crippen LogP contribution is -2.25. The predicted molar refractivity (Wildman–Crippen MR) is 83.1 cm³/mol. The molecule has 0 saturated carbocycles. The molecule has 0 aromatic carbocycles. The number of carbonyl (C=O) groups is 2. The van der Waals surface area contributed by atoms with Crippen LogP contribution in [0.1, 0.15) is 13.8 Å². The SMILES string of the molecule is CCOC(=O)CNCP(=O)(O)O.CCOC(=O)CNCP(=O)(O)O. The van der Waals surface area contributed by atoms with E-state index in [0.717, 1.165) is 0 Å². The van der Waals surface area contributed by atoms with Crippen LogP contribution in [0.5, 0.6) is 0 Å². The molecule has 0 bridgehead atoms. The van der Waals surface area contributed by atoms with Crippen molar-refractivity contribution in [2.45, 2.75) is 13.8 Å². The highest BCUT2D eigenvalue weighted by Gasteiger charge is 2.13. The van der Waals surface area contributed by atoms with Crippen LogP contribution in [0.2, 0.25) is 0 Å². The summed E-state index contributed by atoms with van der Waals surface area (Å²) < 4.78 is 29.5. The number of hydrogen-bond acceptors (Lipinski definition) is 8. The first kappa shape index (κ1) is 25.4. The summed E-state index contributed by atoms with van der Waals surface area (Å²) in [5, 5.41) is 4.54. The number of rotatable bonds is 10. The molecular formula is C10H24N2O10P2. The van der Waals surface area contributed by atoms with E-state index in [-0.39, 0.29) is 26.3 Å². The Labute approximate surface area is 139 Å². The molecule has 6 N–H and O–H groups in total. The fourth-order valence-corrected chi connectivity index (χ4v) is 1.84. The van der Waals surface area contributed by atoms with Crippen molar-refractivity contribution >= 4 is 27.1 Å². The van der Waals surface area contributed by atoms with Crippen LogP contribution in [0.4, 0.5) is 0 Å². The van der Waals surface area contributed by atoms with Gasteiger partial charge in [0.25, 0.3) is 0 Å². The highest BCUT2D eigenvalue weighted by Crippen LogP contribution is 2.32. The molecule has 0 atom stereocenters. The first-order valence-electron chi connectivity index (χ1n) is 6.73. The molecule has 0 aliphatic rings. The summed E-state index contributed by atoms with van der Waals surface area (Å²) in [6.45, 7) is 3.46. The molecule has 0 unspecified atom stereocenters. The van der Waals surface area contributed by atoms with Crippen molar-refractivity contribution in [2.24, 2.45) is 0 Å². The molecular weight excluding hydrogens is 370 g/mol. The smallest absolute Gasteiger partial charge is 0.339 e. The van der Waals surface area contributed by atoms with Crippen molar-refractivity contribution in [1.29, 1.82) is 0 Å². The summed E-state index contributed by atoms with van der Waals surface area (Å²) in [5.41, 5.74) is 0. The molecule has 0 aromatic heterocycles. The summed E-state index contributed by atoms with van der Waals surface area (Å²) in [6, 6.07) is 0. The predicted octanol–water partition coefficient (Wildman–Crippen LogP) is -1.45. The first-order valence-corrected chi connectivity index (χ1v) is 10.3. The average Bonchev–Trinajstić information content (AvgIpc) is 2.37. The summed E-state index contributed by atoms with van der Waals surface area (Å²) >= 11 is 0. The van der Waals surface area contributed by atoms with E-state index >= 15 is 0 Å². The Kier molecular flexibility index (Phi) is 14.2. The zero-order valence-electron chi connectivity index (χ0n) is 13.4. The Hall–Kier alpha value is -0.840. The van der Waals surface area contributed by atoms with E-state index in [1.165, 1.54) is 0 Å². The molecule has 14 heteroatoms. The van der Waals surface area contributed by atoms with Crippen LogP contribution >= 0.6 is 15.2 Å². The van der Waals surface area contributed by atoms with Crippen LogP contribution < -0.4 is 10.6 Å². The van der Waals surface area contributed by atoms with Gasteiger partial charge in [-0.3, -0.25) is 29.4 Å². The second kappa shape index (κ2) is 13.5. The molecule has 0 aromatic rings. The van der Waals surface area contributed by atoms with Crippen LogP contribution in [0, 0.1) is 0 Å². The Morgan fingerprint density at radius 1 is 0.792 bits per heavy atom. The third-order valence-corrected chi connectivity index (χ3v) is 3.06. The number of hydrogen-bond donors (Lipinski definition) is 6. The van der Waals surface area contributed by atoms with Crippen molar-refractivity contribution in [1.82, 2.24) is 10.6 Å². The van der Waals surface area contributed by atoms with E-state index in [2.05, 4.69) is 20.1 Å². The van der Waals surface area contributed by atoms with E-state index in [1.807, 2.05) is 0 Å². The van der Waals surface area contributed by atoms with E-state index in [1.54, 1.807) is 13.8 Å². The number of esters is 2. The zero-order valence-corrected chi connectivity index (χ0v) is 15.2. The van der Waals surface area contributed by atoms with Gasteiger partial charge in [0, 0.05) is 0 Å². The molecule has 0 saturated heterocycles. The highest BCUT2D eigenvalue weighted by molar-refractivity contribution is 7.51. The molecule has 0 amide bonds. The fourth-order valence-electron chi connectivity index (χ4n) is 1.03. The zero-order chi connectivity index (χ0) is 19.2. The summed E-state index contributed by atoms with van der Waals surface area (Å²) in [4.78, 5) is 54.6. The Bertz CT molecular complexity index is 419. The summed E-state index contributed by atoms with van der Waals surface area (Å²) in [5.74, 6) is -1.04. The van der Waals surface area contributed by atoms with Gasteiger partial charge in [-0.25, -0.2) is 0 Å². The second-order valence-corrected chi connectivity index (χ2v) is 7.40. The minimum atomic E-state index is -4.06. The van der Waals surface area contributed by atoms with Crippen molar-refractivity contribution in [3.05, 3.63) is 0 Å². The van der Waals surface area contributed by atoms with Crippen molar-refractivity contribution in [3.63, 3.8) is 0 Å². The Morgan fingerprint density at radius 3 is 1.29 bits per heavy atom. The lowest BCUT2D eigenvalue weighted by atomic mass is 10.6. The average molecular weight is 394 g/mol. The molecule has 0 spiro atoms.